The maximum absolute atomic E-state index is 11.2. The number of nitrogens with zero attached hydrogens (tertiary/aromatic N) is 2. The Bertz CT molecular complexity index is 923. The first-order valence-corrected chi connectivity index (χ1v) is 8.08. The van der Waals surface area contributed by atoms with E-state index in [1.54, 1.807) is 12.1 Å². The van der Waals surface area contributed by atoms with E-state index in [1.165, 1.54) is 13.8 Å². The molecule has 26 heavy (non-hydrogen) atoms. The molecule has 3 aromatic rings. The Labute approximate surface area is 151 Å². The Balaban J connectivity index is 1.90. The molecule has 0 radical (unpaired) electrons. The van der Waals surface area contributed by atoms with Crippen LogP contribution in [0.15, 0.2) is 60.7 Å². The highest BCUT2D eigenvalue weighted by Gasteiger charge is 2.29. The number of aliphatic carboxylic acids is 1. The normalized spacial score (nSPS) is 11.2. The number of carbonyl (C=O) groups is 1. The zero-order valence-electron chi connectivity index (χ0n) is 14.5. The largest absolute Gasteiger partial charge is 0.478 e. The van der Waals surface area contributed by atoms with Gasteiger partial charge in [0, 0.05) is 11.1 Å². The Hall–Kier alpha value is -3.41. The fourth-order valence-electron chi connectivity index (χ4n) is 2.40. The van der Waals surface area contributed by atoms with Gasteiger partial charge in [-0.25, -0.2) is 14.8 Å². The van der Waals surface area contributed by atoms with Crippen LogP contribution in [0, 0.1) is 0 Å². The lowest BCUT2D eigenvalue weighted by molar-refractivity contribution is -0.152. The lowest BCUT2D eigenvalue weighted by Gasteiger charge is -2.21. The van der Waals surface area contributed by atoms with Crippen molar-refractivity contribution >= 4 is 11.9 Å². The summed E-state index contributed by atoms with van der Waals surface area (Å²) in [4.78, 5) is 19.8. The van der Waals surface area contributed by atoms with E-state index in [9.17, 15) is 4.79 Å². The summed E-state index contributed by atoms with van der Waals surface area (Å²) >= 11 is 0. The quantitative estimate of drug-likeness (QED) is 0.730. The van der Waals surface area contributed by atoms with E-state index in [4.69, 9.17) is 15.6 Å². The Kier molecular flexibility index (Phi) is 4.58. The maximum Gasteiger partial charge on any atom is 0.347 e. The molecule has 0 saturated heterocycles. The Morgan fingerprint density at radius 2 is 1.50 bits per heavy atom. The standard InChI is InChI=1S/C20H19N3O3/c1-20(2,18(24)25)26-15-10-8-14(9-11-15)17-12-16(22-19(21)23-17)13-6-4-3-5-7-13/h3-12H,1-2H3,(H,24,25)(H2,21,22,23). The number of hydrogen-bond donors (Lipinski definition) is 2. The third-order valence-electron chi connectivity index (χ3n) is 3.85. The van der Waals surface area contributed by atoms with Gasteiger partial charge in [0.2, 0.25) is 5.95 Å². The van der Waals surface area contributed by atoms with Gasteiger partial charge in [-0.3, -0.25) is 0 Å². The van der Waals surface area contributed by atoms with Crippen LogP contribution in [0.2, 0.25) is 0 Å². The van der Waals surface area contributed by atoms with Gasteiger partial charge in [-0.15, -0.1) is 0 Å². The van der Waals surface area contributed by atoms with Gasteiger partial charge in [0.05, 0.1) is 11.4 Å². The number of ether oxygens (including phenoxy) is 1. The summed E-state index contributed by atoms with van der Waals surface area (Å²) in [7, 11) is 0. The fourth-order valence-corrected chi connectivity index (χ4v) is 2.40. The van der Waals surface area contributed by atoms with Crippen LogP contribution in [0.4, 0.5) is 5.95 Å². The monoisotopic (exact) mass is 349 g/mol. The van der Waals surface area contributed by atoms with E-state index in [1.807, 2.05) is 48.5 Å². The molecule has 0 fully saturated rings. The Morgan fingerprint density at radius 1 is 0.962 bits per heavy atom. The minimum Gasteiger partial charge on any atom is -0.478 e. The van der Waals surface area contributed by atoms with E-state index in [0.29, 0.717) is 11.4 Å². The number of rotatable bonds is 5. The summed E-state index contributed by atoms with van der Waals surface area (Å²) in [5.74, 6) is -0.377. The number of aromatic nitrogens is 2. The van der Waals surface area contributed by atoms with Crippen molar-refractivity contribution in [1.82, 2.24) is 9.97 Å². The number of hydrogen-bond acceptors (Lipinski definition) is 5. The maximum atomic E-state index is 11.2. The van der Waals surface area contributed by atoms with Crippen molar-refractivity contribution < 1.29 is 14.6 Å². The number of benzene rings is 2. The summed E-state index contributed by atoms with van der Waals surface area (Å²) in [5, 5.41) is 9.15. The molecule has 1 aromatic heterocycles. The fraction of sp³-hybridized carbons (Fsp3) is 0.150. The molecule has 6 heteroatoms. The van der Waals surface area contributed by atoms with E-state index in [2.05, 4.69) is 9.97 Å². The smallest absolute Gasteiger partial charge is 0.347 e. The van der Waals surface area contributed by atoms with Crippen LogP contribution in [0.3, 0.4) is 0 Å². The summed E-state index contributed by atoms with van der Waals surface area (Å²) in [5.41, 5.74) is 7.76. The molecule has 6 nitrogen and oxygen atoms in total. The molecule has 3 rings (SSSR count). The topological polar surface area (TPSA) is 98.3 Å². The predicted octanol–water partition coefficient (Wildman–Crippen LogP) is 3.63. The van der Waals surface area contributed by atoms with E-state index in [-0.39, 0.29) is 5.95 Å². The third kappa shape index (κ3) is 3.80. The van der Waals surface area contributed by atoms with Crippen molar-refractivity contribution in [2.45, 2.75) is 19.4 Å². The molecule has 0 bridgehead atoms. The predicted molar refractivity (Wildman–Crippen MR) is 99.7 cm³/mol. The minimum absolute atomic E-state index is 0.189. The number of carboxylic acids is 1. The van der Waals surface area contributed by atoms with Crippen LogP contribution in [0.5, 0.6) is 5.75 Å². The van der Waals surface area contributed by atoms with E-state index >= 15 is 0 Å². The Morgan fingerprint density at radius 3 is 2.04 bits per heavy atom. The van der Waals surface area contributed by atoms with Crippen LogP contribution in [-0.4, -0.2) is 26.6 Å². The van der Waals surface area contributed by atoms with Gasteiger partial charge < -0.3 is 15.6 Å². The molecular weight excluding hydrogens is 330 g/mol. The van der Waals surface area contributed by atoms with Crippen LogP contribution in [-0.2, 0) is 4.79 Å². The lowest BCUT2D eigenvalue weighted by atomic mass is 10.1. The first-order chi connectivity index (χ1) is 12.3. The SMILES string of the molecule is CC(C)(Oc1ccc(-c2cc(-c3ccccc3)nc(N)n2)cc1)C(=O)O. The van der Waals surface area contributed by atoms with Crippen molar-refractivity contribution in [2.24, 2.45) is 0 Å². The molecule has 0 aliphatic carbocycles. The van der Waals surface area contributed by atoms with Crippen LogP contribution in [0.1, 0.15) is 13.8 Å². The van der Waals surface area contributed by atoms with Crippen molar-refractivity contribution in [3.63, 3.8) is 0 Å². The van der Waals surface area contributed by atoms with Gasteiger partial charge in [-0.05, 0) is 44.2 Å². The molecule has 0 spiro atoms. The zero-order chi connectivity index (χ0) is 18.7. The number of carboxylic acid groups (broad SMARTS) is 1. The molecule has 0 saturated carbocycles. The van der Waals surface area contributed by atoms with Crippen LogP contribution in [0.25, 0.3) is 22.5 Å². The van der Waals surface area contributed by atoms with E-state index < -0.39 is 11.6 Å². The third-order valence-corrected chi connectivity index (χ3v) is 3.85. The van der Waals surface area contributed by atoms with Gasteiger partial charge >= 0.3 is 5.97 Å². The summed E-state index contributed by atoms with van der Waals surface area (Å²) in [6, 6.07) is 18.6. The highest BCUT2D eigenvalue weighted by atomic mass is 16.5. The van der Waals surface area contributed by atoms with Crippen molar-refractivity contribution in [1.29, 1.82) is 0 Å². The zero-order valence-corrected chi connectivity index (χ0v) is 14.5. The first-order valence-electron chi connectivity index (χ1n) is 8.08. The van der Waals surface area contributed by atoms with Gasteiger partial charge in [0.25, 0.3) is 0 Å². The second-order valence-corrected chi connectivity index (χ2v) is 6.30. The molecule has 0 atom stereocenters. The molecule has 3 N–H and O–H groups in total. The first kappa shape index (κ1) is 17.4. The highest BCUT2D eigenvalue weighted by Crippen LogP contribution is 2.27. The summed E-state index contributed by atoms with van der Waals surface area (Å²) in [6.07, 6.45) is 0. The number of anilines is 1. The summed E-state index contributed by atoms with van der Waals surface area (Å²) < 4.78 is 5.51. The molecule has 0 unspecified atom stereocenters. The number of nitrogens with two attached hydrogens (primary N) is 1. The van der Waals surface area contributed by atoms with Crippen molar-refractivity contribution in [3.05, 3.63) is 60.7 Å². The highest BCUT2D eigenvalue weighted by molar-refractivity contribution is 5.77. The van der Waals surface area contributed by atoms with Crippen LogP contribution < -0.4 is 10.5 Å². The molecule has 0 aliphatic heterocycles. The van der Waals surface area contributed by atoms with Crippen molar-refractivity contribution in [2.75, 3.05) is 5.73 Å². The van der Waals surface area contributed by atoms with E-state index in [0.717, 1.165) is 16.8 Å². The molecular formula is C20H19N3O3. The van der Waals surface area contributed by atoms with Gasteiger partial charge in [0.15, 0.2) is 5.60 Å². The second kappa shape index (κ2) is 6.84. The average molecular weight is 349 g/mol. The van der Waals surface area contributed by atoms with Crippen LogP contribution >= 0.6 is 0 Å². The van der Waals surface area contributed by atoms with Gasteiger partial charge in [-0.2, -0.15) is 0 Å². The average Bonchev–Trinajstić information content (AvgIpc) is 2.62. The summed E-state index contributed by atoms with van der Waals surface area (Å²) in [6.45, 7) is 3.00. The molecule has 0 amide bonds. The number of nitrogen functional groups attached to an aromatic ring is 1. The molecule has 1 heterocycles. The molecule has 132 valence electrons. The minimum atomic E-state index is -1.30. The lowest BCUT2D eigenvalue weighted by Crippen LogP contribution is -2.37. The van der Waals surface area contributed by atoms with Gasteiger partial charge in [0.1, 0.15) is 5.75 Å². The van der Waals surface area contributed by atoms with Gasteiger partial charge in [-0.1, -0.05) is 30.3 Å². The van der Waals surface area contributed by atoms with Crippen molar-refractivity contribution in [3.8, 4) is 28.3 Å². The second-order valence-electron chi connectivity index (χ2n) is 6.30. The molecule has 0 aliphatic rings. The molecule has 2 aromatic carbocycles.